The van der Waals surface area contributed by atoms with E-state index in [1.54, 1.807) is 18.3 Å². The lowest BCUT2D eigenvalue weighted by Gasteiger charge is -2.12. The zero-order chi connectivity index (χ0) is 15.9. The Morgan fingerprint density at radius 3 is 2.68 bits per heavy atom. The van der Waals surface area contributed by atoms with Gasteiger partial charge in [0.15, 0.2) is 0 Å². The Balaban J connectivity index is 2.15. The molecule has 6 heteroatoms. The number of halogens is 1. The van der Waals surface area contributed by atoms with Gasteiger partial charge in [0.25, 0.3) is 0 Å². The summed E-state index contributed by atoms with van der Waals surface area (Å²) in [5.41, 5.74) is 2.53. The van der Waals surface area contributed by atoms with Gasteiger partial charge in [0.1, 0.15) is 5.82 Å². The van der Waals surface area contributed by atoms with Gasteiger partial charge in [-0.3, -0.25) is 0 Å². The molecule has 112 valence electrons. The number of nitrogens with zero attached hydrogens (tertiary/aromatic N) is 2. The largest absolute Gasteiger partial charge is 0.478 e. The lowest BCUT2D eigenvalue weighted by Crippen LogP contribution is -2.09. The van der Waals surface area contributed by atoms with Crippen LogP contribution in [0.15, 0.2) is 36.7 Å². The molecule has 22 heavy (non-hydrogen) atoms. The standard InChI is InChI=1S/C16H14ClN3O2/c1-20(2)15-4-3-9(7-19-15)10-5-11-12(16(21)22)8-18-14(11)6-13(10)17/h3-8,18H,1-2H3,(H,21,22). The zero-order valence-electron chi connectivity index (χ0n) is 12.1. The molecular formula is C16H14ClN3O2. The maximum Gasteiger partial charge on any atom is 0.337 e. The minimum absolute atomic E-state index is 0.228. The molecule has 2 heterocycles. The van der Waals surface area contributed by atoms with Crippen LogP contribution in [-0.4, -0.2) is 35.1 Å². The van der Waals surface area contributed by atoms with Gasteiger partial charge in [0.2, 0.25) is 0 Å². The van der Waals surface area contributed by atoms with Crippen molar-refractivity contribution in [2.45, 2.75) is 0 Å². The number of H-pyrrole nitrogens is 1. The van der Waals surface area contributed by atoms with Crippen LogP contribution in [0.25, 0.3) is 22.0 Å². The molecule has 5 nitrogen and oxygen atoms in total. The first kappa shape index (κ1) is 14.4. The van der Waals surface area contributed by atoms with Gasteiger partial charge in [-0.1, -0.05) is 11.6 Å². The van der Waals surface area contributed by atoms with Crippen LogP contribution < -0.4 is 4.90 Å². The molecule has 0 atom stereocenters. The van der Waals surface area contributed by atoms with Crippen LogP contribution >= 0.6 is 11.6 Å². The van der Waals surface area contributed by atoms with Crippen molar-refractivity contribution < 1.29 is 9.90 Å². The summed E-state index contributed by atoms with van der Waals surface area (Å²) < 4.78 is 0. The third kappa shape index (κ3) is 2.40. The molecule has 0 fully saturated rings. The Morgan fingerprint density at radius 2 is 2.09 bits per heavy atom. The average molecular weight is 316 g/mol. The third-order valence-corrected chi connectivity index (χ3v) is 3.83. The number of benzene rings is 1. The van der Waals surface area contributed by atoms with Crippen molar-refractivity contribution in [3.05, 3.63) is 47.2 Å². The number of aromatic carboxylic acids is 1. The molecule has 0 saturated heterocycles. The Bertz CT molecular complexity index is 854. The van der Waals surface area contributed by atoms with E-state index in [4.69, 9.17) is 11.6 Å². The van der Waals surface area contributed by atoms with Gasteiger partial charge in [-0.25, -0.2) is 9.78 Å². The summed E-state index contributed by atoms with van der Waals surface area (Å²) in [7, 11) is 3.83. The number of hydrogen-bond donors (Lipinski definition) is 2. The van der Waals surface area contributed by atoms with Gasteiger partial charge >= 0.3 is 5.97 Å². The number of hydrogen-bond acceptors (Lipinski definition) is 3. The second-order valence-electron chi connectivity index (χ2n) is 5.18. The Labute approximate surface area is 132 Å². The van der Waals surface area contributed by atoms with E-state index in [2.05, 4.69) is 9.97 Å². The Hall–Kier alpha value is -2.53. The van der Waals surface area contributed by atoms with E-state index in [0.717, 1.165) is 16.9 Å². The van der Waals surface area contributed by atoms with Crippen molar-refractivity contribution in [1.82, 2.24) is 9.97 Å². The molecule has 0 radical (unpaired) electrons. The molecule has 0 amide bonds. The van der Waals surface area contributed by atoms with Crippen molar-refractivity contribution in [1.29, 1.82) is 0 Å². The number of rotatable bonds is 3. The van der Waals surface area contributed by atoms with Gasteiger partial charge in [-0.2, -0.15) is 0 Å². The lowest BCUT2D eigenvalue weighted by atomic mass is 10.0. The Morgan fingerprint density at radius 1 is 1.32 bits per heavy atom. The molecule has 0 aliphatic carbocycles. The van der Waals surface area contributed by atoms with E-state index < -0.39 is 5.97 Å². The first-order chi connectivity index (χ1) is 10.5. The molecule has 3 rings (SSSR count). The number of anilines is 1. The normalized spacial score (nSPS) is 10.9. The number of fused-ring (bicyclic) bond motifs is 1. The minimum atomic E-state index is -0.972. The highest BCUT2D eigenvalue weighted by atomic mass is 35.5. The molecule has 2 N–H and O–H groups in total. The number of pyridine rings is 1. The maximum atomic E-state index is 11.3. The first-order valence-corrected chi connectivity index (χ1v) is 7.03. The molecule has 2 aromatic heterocycles. The molecule has 0 unspecified atom stereocenters. The fourth-order valence-corrected chi connectivity index (χ4v) is 2.62. The van der Waals surface area contributed by atoms with Crippen LogP contribution in [0.2, 0.25) is 5.02 Å². The monoisotopic (exact) mass is 315 g/mol. The first-order valence-electron chi connectivity index (χ1n) is 6.65. The number of nitrogens with one attached hydrogen (secondary N) is 1. The lowest BCUT2D eigenvalue weighted by molar-refractivity contribution is 0.0699. The van der Waals surface area contributed by atoms with Crippen LogP contribution in [0, 0.1) is 0 Å². The Kier molecular flexibility index (Phi) is 3.50. The molecule has 1 aromatic carbocycles. The number of aromatic nitrogens is 2. The number of aromatic amines is 1. The van der Waals surface area contributed by atoms with Gasteiger partial charge in [-0.15, -0.1) is 0 Å². The van der Waals surface area contributed by atoms with Crippen LogP contribution in [0.4, 0.5) is 5.82 Å². The van der Waals surface area contributed by atoms with E-state index in [-0.39, 0.29) is 5.56 Å². The van der Waals surface area contributed by atoms with Gasteiger partial charge in [-0.05, 0) is 24.3 Å². The number of carboxylic acids is 1. The van der Waals surface area contributed by atoms with Crippen molar-refractivity contribution in [3.63, 3.8) is 0 Å². The van der Waals surface area contributed by atoms with E-state index in [0.29, 0.717) is 15.9 Å². The zero-order valence-corrected chi connectivity index (χ0v) is 12.8. The molecule has 0 aliphatic rings. The number of carboxylic acid groups (broad SMARTS) is 1. The van der Waals surface area contributed by atoms with E-state index in [1.807, 2.05) is 31.1 Å². The fraction of sp³-hybridized carbons (Fsp3) is 0.125. The number of carbonyl (C=O) groups is 1. The van der Waals surface area contributed by atoms with Crippen molar-refractivity contribution >= 4 is 34.3 Å². The van der Waals surface area contributed by atoms with Crippen LogP contribution in [0.5, 0.6) is 0 Å². The molecule has 3 aromatic rings. The van der Waals surface area contributed by atoms with Crippen LogP contribution in [0.3, 0.4) is 0 Å². The van der Waals surface area contributed by atoms with E-state index >= 15 is 0 Å². The summed E-state index contributed by atoms with van der Waals surface area (Å²) >= 11 is 6.32. The fourth-order valence-electron chi connectivity index (χ4n) is 2.35. The van der Waals surface area contributed by atoms with E-state index in [1.165, 1.54) is 6.20 Å². The van der Waals surface area contributed by atoms with Crippen LogP contribution in [-0.2, 0) is 0 Å². The highest BCUT2D eigenvalue weighted by Gasteiger charge is 2.14. The topological polar surface area (TPSA) is 69.2 Å². The molecule has 0 aliphatic heterocycles. The summed E-state index contributed by atoms with van der Waals surface area (Å²) in [6, 6.07) is 7.33. The maximum absolute atomic E-state index is 11.3. The minimum Gasteiger partial charge on any atom is -0.478 e. The summed E-state index contributed by atoms with van der Waals surface area (Å²) in [5, 5.41) is 10.4. The van der Waals surface area contributed by atoms with Gasteiger partial charge in [0, 0.05) is 48.5 Å². The molecule has 0 spiro atoms. The summed E-state index contributed by atoms with van der Waals surface area (Å²) in [6.45, 7) is 0. The highest BCUT2D eigenvalue weighted by molar-refractivity contribution is 6.34. The second-order valence-corrected chi connectivity index (χ2v) is 5.59. The predicted octanol–water partition coefficient (Wildman–Crippen LogP) is 3.65. The molecule has 0 bridgehead atoms. The SMILES string of the molecule is CN(C)c1ccc(-c2cc3c(C(=O)O)c[nH]c3cc2Cl)cn1. The summed E-state index contributed by atoms with van der Waals surface area (Å²) in [4.78, 5) is 20.5. The van der Waals surface area contributed by atoms with Crippen molar-refractivity contribution in [2.75, 3.05) is 19.0 Å². The molecular weight excluding hydrogens is 302 g/mol. The van der Waals surface area contributed by atoms with Gasteiger partial charge in [0.05, 0.1) is 10.6 Å². The third-order valence-electron chi connectivity index (χ3n) is 3.52. The summed E-state index contributed by atoms with van der Waals surface area (Å²) in [5.74, 6) is -0.130. The van der Waals surface area contributed by atoms with Gasteiger partial charge < -0.3 is 15.0 Å². The molecule has 0 saturated carbocycles. The van der Waals surface area contributed by atoms with Crippen molar-refractivity contribution in [3.8, 4) is 11.1 Å². The second kappa shape index (κ2) is 5.35. The van der Waals surface area contributed by atoms with Crippen LogP contribution in [0.1, 0.15) is 10.4 Å². The highest BCUT2D eigenvalue weighted by Crippen LogP contribution is 2.33. The summed E-state index contributed by atoms with van der Waals surface area (Å²) in [6.07, 6.45) is 3.20. The average Bonchev–Trinajstić information content (AvgIpc) is 2.89. The smallest absolute Gasteiger partial charge is 0.337 e. The van der Waals surface area contributed by atoms with Crippen molar-refractivity contribution in [2.24, 2.45) is 0 Å². The quantitative estimate of drug-likeness (QED) is 0.774. The predicted molar refractivity (Wildman–Crippen MR) is 87.8 cm³/mol. The van der Waals surface area contributed by atoms with E-state index in [9.17, 15) is 9.90 Å².